The SMILES string of the molecule is C[C@H](C(=O)O)c1ccc2c(c1)[C@H](c1ccc(Br)cc1)C(=O)O2. The highest BCUT2D eigenvalue weighted by Gasteiger charge is 2.35. The first-order chi connectivity index (χ1) is 10.5. The van der Waals surface area contributed by atoms with Gasteiger partial charge in [-0.25, -0.2) is 0 Å². The van der Waals surface area contributed by atoms with Gasteiger partial charge in [0, 0.05) is 10.0 Å². The van der Waals surface area contributed by atoms with E-state index in [9.17, 15) is 9.59 Å². The van der Waals surface area contributed by atoms with Crippen molar-refractivity contribution in [1.82, 2.24) is 0 Å². The number of rotatable bonds is 3. The summed E-state index contributed by atoms with van der Waals surface area (Å²) in [7, 11) is 0. The van der Waals surface area contributed by atoms with Crippen molar-refractivity contribution >= 4 is 27.9 Å². The molecule has 1 heterocycles. The molecule has 0 bridgehead atoms. The summed E-state index contributed by atoms with van der Waals surface area (Å²) in [5.41, 5.74) is 2.21. The Balaban J connectivity index is 2.05. The van der Waals surface area contributed by atoms with E-state index in [0.717, 1.165) is 15.6 Å². The Morgan fingerprint density at radius 1 is 1.23 bits per heavy atom. The molecule has 0 fully saturated rings. The van der Waals surface area contributed by atoms with Crippen LogP contribution in [0.2, 0.25) is 0 Å². The van der Waals surface area contributed by atoms with Crippen LogP contribution in [0.4, 0.5) is 0 Å². The molecule has 2 aromatic rings. The number of hydrogen-bond donors (Lipinski definition) is 1. The molecule has 0 radical (unpaired) electrons. The lowest BCUT2D eigenvalue weighted by Crippen LogP contribution is -2.12. The molecule has 5 heteroatoms. The molecule has 1 aliphatic heterocycles. The fraction of sp³-hybridized carbons (Fsp3) is 0.176. The van der Waals surface area contributed by atoms with E-state index in [2.05, 4.69) is 15.9 Å². The fourth-order valence-electron chi connectivity index (χ4n) is 2.56. The first-order valence-electron chi connectivity index (χ1n) is 6.81. The fourth-order valence-corrected chi connectivity index (χ4v) is 2.83. The van der Waals surface area contributed by atoms with Gasteiger partial charge in [-0.15, -0.1) is 0 Å². The van der Waals surface area contributed by atoms with E-state index in [-0.39, 0.29) is 5.97 Å². The van der Waals surface area contributed by atoms with E-state index in [1.54, 1.807) is 25.1 Å². The van der Waals surface area contributed by atoms with Crippen molar-refractivity contribution < 1.29 is 19.4 Å². The Hall–Kier alpha value is -2.14. The van der Waals surface area contributed by atoms with Crippen LogP contribution in [0, 0.1) is 0 Å². The topological polar surface area (TPSA) is 63.6 Å². The molecule has 0 unspecified atom stereocenters. The maximum Gasteiger partial charge on any atom is 0.323 e. The smallest absolute Gasteiger partial charge is 0.323 e. The molecule has 0 spiro atoms. The normalized spacial score (nSPS) is 17.7. The number of ether oxygens (including phenoxy) is 1. The predicted octanol–water partition coefficient (Wildman–Crippen LogP) is 3.69. The van der Waals surface area contributed by atoms with Crippen molar-refractivity contribution in [2.24, 2.45) is 0 Å². The first-order valence-corrected chi connectivity index (χ1v) is 7.60. The van der Waals surface area contributed by atoms with E-state index >= 15 is 0 Å². The number of esters is 1. The zero-order chi connectivity index (χ0) is 15.9. The van der Waals surface area contributed by atoms with Crippen molar-refractivity contribution in [3.63, 3.8) is 0 Å². The Morgan fingerprint density at radius 3 is 2.55 bits per heavy atom. The van der Waals surface area contributed by atoms with Gasteiger partial charge in [-0.1, -0.05) is 40.2 Å². The minimum atomic E-state index is -0.898. The summed E-state index contributed by atoms with van der Waals surface area (Å²) in [6.45, 7) is 1.62. The van der Waals surface area contributed by atoms with Crippen LogP contribution < -0.4 is 4.74 Å². The molecule has 0 amide bonds. The summed E-state index contributed by atoms with van der Waals surface area (Å²) >= 11 is 3.37. The zero-order valence-corrected chi connectivity index (χ0v) is 13.3. The van der Waals surface area contributed by atoms with Crippen LogP contribution in [0.5, 0.6) is 5.75 Å². The second-order valence-electron chi connectivity index (χ2n) is 5.26. The summed E-state index contributed by atoms with van der Waals surface area (Å²) in [6.07, 6.45) is 0. The second-order valence-corrected chi connectivity index (χ2v) is 6.18. The van der Waals surface area contributed by atoms with Crippen LogP contribution in [0.15, 0.2) is 46.9 Å². The molecule has 2 aromatic carbocycles. The molecular formula is C17H13BrO4. The number of carboxylic acids is 1. The summed E-state index contributed by atoms with van der Waals surface area (Å²) in [6, 6.07) is 12.6. The molecule has 1 N–H and O–H groups in total. The van der Waals surface area contributed by atoms with Crippen LogP contribution >= 0.6 is 15.9 Å². The van der Waals surface area contributed by atoms with Crippen molar-refractivity contribution in [3.05, 3.63) is 63.6 Å². The van der Waals surface area contributed by atoms with Crippen LogP contribution in [0.25, 0.3) is 0 Å². The summed E-state index contributed by atoms with van der Waals surface area (Å²) in [5, 5.41) is 9.15. The molecule has 2 atom stereocenters. The van der Waals surface area contributed by atoms with Gasteiger partial charge in [0.05, 0.1) is 5.92 Å². The molecule has 0 saturated heterocycles. The van der Waals surface area contributed by atoms with Crippen LogP contribution in [-0.2, 0) is 9.59 Å². The molecule has 1 aliphatic rings. The minimum absolute atomic E-state index is 0.336. The Kier molecular flexibility index (Phi) is 3.74. The van der Waals surface area contributed by atoms with Gasteiger partial charge in [0.2, 0.25) is 0 Å². The second kappa shape index (κ2) is 5.57. The quantitative estimate of drug-likeness (QED) is 0.669. The van der Waals surface area contributed by atoms with Crippen LogP contribution in [0.1, 0.15) is 35.4 Å². The van der Waals surface area contributed by atoms with Gasteiger partial charge in [0.15, 0.2) is 0 Å². The van der Waals surface area contributed by atoms with Gasteiger partial charge < -0.3 is 9.84 Å². The molecule has 3 rings (SSSR count). The standard InChI is InChI=1S/C17H13BrO4/c1-9(16(19)20)11-4-7-14-13(8-11)15(17(21)22-14)10-2-5-12(18)6-3-10/h2-9,15H,1H3,(H,19,20)/t9-,15-/m0/s1. The van der Waals surface area contributed by atoms with Crippen molar-refractivity contribution in [2.75, 3.05) is 0 Å². The van der Waals surface area contributed by atoms with Gasteiger partial charge in [-0.3, -0.25) is 9.59 Å². The number of benzene rings is 2. The summed E-state index contributed by atoms with van der Waals surface area (Å²) < 4.78 is 6.23. The maximum absolute atomic E-state index is 12.2. The Morgan fingerprint density at radius 2 is 1.91 bits per heavy atom. The van der Waals surface area contributed by atoms with Gasteiger partial charge in [0.1, 0.15) is 11.7 Å². The first kappa shape index (κ1) is 14.8. The van der Waals surface area contributed by atoms with Gasteiger partial charge >= 0.3 is 11.9 Å². The lowest BCUT2D eigenvalue weighted by atomic mass is 9.89. The Labute approximate surface area is 135 Å². The largest absolute Gasteiger partial charge is 0.481 e. The molecule has 112 valence electrons. The number of fused-ring (bicyclic) bond motifs is 1. The van der Waals surface area contributed by atoms with E-state index in [1.165, 1.54) is 0 Å². The number of halogens is 1. The maximum atomic E-state index is 12.2. The van der Waals surface area contributed by atoms with Crippen molar-refractivity contribution in [3.8, 4) is 5.75 Å². The third kappa shape index (κ3) is 2.52. The summed E-state index contributed by atoms with van der Waals surface area (Å²) in [4.78, 5) is 23.3. The number of carbonyl (C=O) groups is 2. The molecule has 0 aromatic heterocycles. The average Bonchev–Trinajstić information content (AvgIpc) is 2.82. The van der Waals surface area contributed by atoms with E-state index in [4.69, 9.17) is 9.84 Å². The van der Waals surface area contributed by atoms with Gasteiger partial charge in [-0.2, -0.15) is 0 Å². The lowest BCUT2D eigenvalue weighted by molar-refractivity contribution is -0.138. The molecule has 22 heavy (non-hydrogen) atoms. The van der Waals surface area contributed by atoms with E-state index in [0.29, 0.717) is 11.3 Å². The summed E-state index contributed by atoms with van der Waals surface area (Å²) in [5.74, 6) is -1.88. The third-order valence-electron chi connectivity index (χ3n) is 3.86. The average molecular weight is 361 g/mol. The van der Waals surface area contributed by atoms with Crippen LogP contribution in [0.3, 0.4) is 0 Å². The van der Waals surface area contributed by atoms with Crippen LogP contribution in [-0.4, -0.2) is 17.0 Å². The van der Waals surface area contributed by atoms with Crippen molar-refractivity contribution in [2.45, 2.75) is 18.8 Å². The molecular weight excluding hydrogens is 348 g/mol. The van der Waals surface area contributed by atoms with E-state index < -0.39 is 17.8 Å². The molecule has 0 aliphatic carbocycles. The monoisotopic (exact) mass is 360 g/mol. The third-order valence-corrected chi connectivity index (χ3v) is 4.39. The number of carbonyl (C=O) groups excluding carboxylic acids is 1. The highest BCUT2D eigenvalue weighted by molar-refractivity contribution is 9.10. The number of hydrogen-bond acceptors (Lipinski definition) is 3. The molecule has 4 nitrogen and oxygen atoms in total. The molecule has 0 saturated carbocycles. The van der Waals surface area contributed by atoms with Gasteiger partial charge in [0.25, 0.3) is 0 Å². The lowest BCUT2D eigenvalue weighted by Gasteiger charge is -2.11. The predicted molar refractivity (Wildman–Crippen MR) is 84.1 cm³/mol. The highest BCUT2D eigenvalue weighted by Crippen LogP contribution is 2.40. The zero-order valence-electron chi connectivity index (χ0n) is 11.7. The number of aliphatic carboxylic acids is 1. The number of carboxylic acid groups (broad SMARTS) is 1. The Bertz CT molecular complexity index is 752. The minimum Gasteiger partial charge on any atom is -0.481 e. The van der Waals surface area contributed by atoms with Crippen molar-refractivity contribution in [1.29, 1.82) is 0 Å². The highest BCUT2D eigenvalue weighted by atomic mass is 79.9. The van der Waals surface area contributed by atoms with E-state index in [1.807, 2.05) is 24.3 Å². The van der Waals surface area contributed by atoms with Gasteiger partial charge in [-0.05, 0) is 36.2 Å².